The molecule has 0 unspecified atom stereocenters. The summed E-state index contributed by atoms with van der Waals surface area (Å²) in [7, 11) is 0. The van der Waals surface area contributed by atoms with Crippen LogP contribution < -0.4 is 4.74 Å². The number of ether oxygens (including phenoxy) is 1. The number of benzene rings is 1. The maximum absolute atomic E-state index is 11.1. The molecule has 25 heavy (non-hydrogen) atoms. The Kier molecular flexibility index (Phi) is 5.00. The Morgan fingerprint density at radius 1 is 1.24 bits per heavy atom. The van der Waals surface area contributed by atoms with Crippen LogP contribution in [0.25, 0.3) is 5.82 Å². The zero-order valence-electron chi connectivity index (χ0n) is 13.5. The number of hydrogen-bond donors (Lipinski definition) is 1. The minimum atomic E-state index is -1.02. The van der Waals surface area contributed by atoms with Crippen molar-refractivity contribution in [2.75, 3.05) is 0 Å². The van der Waals surface area contributed by atoms with E-state index in [2.05, 4.69) is 10.1 Å². The van der Waals surface area contributed by atoms with Crippen molar-refractivity contribution >= 4 is 17.6 Å². The molecule has 0 amide bonds. The SMILES string of the molecule is CC[C@H](Oc1ccnn1-c1cc(C(=O)O)ccn1)c1ccc(Cl)cc1. The van der Waals surface area contributed by atoms with Gasteiger partial charge in [0, 0.05) is 17.3 Å². The maximum Gasteiger partial charge on any atom is 0.335 e. The Balaban J connectivity index is 1.89. The molecule has 2 heterocycles. The van der Waals surface area contributed by atoms with Crippen LogP contribution in [0.15, 0.2) is 54.9 Å². The van der Waals surface area contributed by atoms with Gasteiger partial charge in [-0.25, -0.2) is 9.78 Å². The summed E-state index contributed by atoms with van der Waals surface area (Å²) in [6.07, 6.45) is 3.57. The lowest BCUT2D eigenvalue weighted by Crippen LogP contribution is -2.11. The Labute approximate surface area is 149 Å². The average Bonchev–Trinajstić information content (AvgIpc) is 3.09. The molecule has 3 aromatic rings. The predicted molar refractivity (Wildman–Crippen MR) is 93.4 cm³/mol. The first-order valence-electron chi connectivity index (χ1n) is 7.74. The second-order valence-electron chi connectivity index (χ2n) is 5.36. The number of aromatic nitrogens is 3. The molecule has 0 aliphatic carbocycles. The van der Waals surface area contributed by atoms with E-state index < -0.39 is 5.97 Å². The van der Waals surface area contributed by atoms with Gasteiger partial charge in [0.1, 0.15) is 6.10 Å². The first kappa shape index (κ1) is 17.0. The van der Waals surface area contributed by atoms with Gasteiger partial charge in [0.15, 0.2) is 5.82 Å². The first-order chi connectivity index (χ1) is 12.1. The normalized spacial score (nSPS) is 11.9. The van der Waals surface area contributed by atoms with Crippen LogP contribution in [0.4, 0.5) is 0 Å². The molecule has 0 radical (unpaired) electrons. The van der Waals surface area contributed by atoms with Crippen molar-refractivity contribution in [1.29, 1.82) is 0 Å². The van der Waals surface area contributed by atoms with Crippen molar-refractivity contribution in [2.45, 2.75) is 19.4 Å². The quantitative estimate of drug-likeness (QED) is 0.717. The Morgan fingerprint density at radius 2 is 2.00 bits per heavy atom. The fraction of sp³-hybridized carbons (Fsp3) is 0.167. The van der Waals surface area contributed by atoms with Crippen LogP contribution in [-0.2, 0) is 0 Å². The van der Waals surface area contributed by atoms with Crippen LogP contribution >= 0.6 is 11.6 Å². The number of carboxylic acid groups (broad SMARTS) is 1. The fourth-order valence-electron chi connectivity index (χ4n) is 2.43. The van der Waals surface area contributed by atoms with Crippen molar-refractivity contribution < 1.29 is 14.6 Å². The Hall–Kier alpha value is -2.86. The van der Waals surface area contributed by atoms with Gasteiger partial charge >= 0.3 is 5.97 Å². The van der Waals surface area contributed by atoms with Crippen LogP contribution in [0.3, 0.4) is 0 Å². The van der Waals surface area contributed by atoms with Gasteiger partial charge in [-0.3, -0.25) is 0 Å². The van der Waals surface area contributed by atoms with Crippen LogP contribution in [0.2, 0.25) is 5.02 Å². The lowest BCUT2D eigenvalue weighted by Gasteiger charge is -2.18. The molecule has 0 fully saturated rings. The summed E-state index contributed by atoms with van der Waals surface area (Å²) in [6.45, 7) is 2.02. The molecule has 128 valence electrons. The molecule has 1 atom stereocenters. The molecular formula is C18H16ClN3O3. The summed E-state index contributed by atoms with van der Waals surface area (Å²) < 4.78 is 7.56. The topological polar surface area (TPSA) is 77.2 Å². The summed E-state index contributed by atoms with van der Waals surface area (Å²) in [5.74, 6) is -0.159. The lowest BCUT2D eigenvalue weighted by molar-refractivity contribution is 0.0696. The zero-order valence-corrected chi connectivity index (χ0v) is 14.2. The van der Waals surface area contributed by atoms with Gasteiger partial charge in [-0.2, -0.15) is 9.78 Å². The minimum Gasteiger partial charge on any atom is -0.478 e. The van der Waals surface area contributed by atoms with Crippen molar-refractivity contribution in [1.82, 2.24) is 14.8 Å². The second-order valence-corrected chi connectivity index (χ2v) is 5.79. The van der Waals surface area contributed by atoms with Crippen LogP contribution in [0.1, 0.15) is 35.4 Å². The van der Waals surface area contributed by atoms with E-state index in [4.69, 9.17) is 21.4 Å². The van der Waals surface area contributed by atoms with E-state index in [1.54, 1.807) is 12.3 Å². The van der Waals surface area contributed by atoms with E-state index in [-0.39, 0.29) is 11.7 Å². The number of carboxylic acids is 1. The fourth-order valence-corrected chi connectivity index (χ4v) is 2.56. The summed E-state index contributed by atoms with van der Waals surface area (Å²) in [4.78, 5) is 15.3. The molecule has 3 rings (SSSR count). The molecule has 0 saturated carbocycles. The first-order valence-corrected chi connectivity index (χ1v) is 8.12. The number of hydrogen-bond acceptors (Lipinski definition) is 4. The number of aromatic carboxylic acids is 1. The molecule has 2 aromatic heterocycles. The summed E-state index contributed by atoms with van der Waals surface area (Å²) >= 11 is 5.94. The average molecular weight is 358 g/mol. The van der Waals surface area contributed by atoms with Gasteiger partial charge in [0.25, 0.3) is 0 Å². The van der Waals surface area contributed by atoms with Crippen molar-refractivity contribution in [3.8, 4) is 11.7 Å². The Bertz CT molecular complexity index is 877. The van der Waals surface area contributed by atoms with Gasteiger partial charge < -0.3 is 9.84 Å². The highest BCUT2D eigenvalue weighted by molar-refractivity contribution is 6.30. The van der Waals surface area contributed by atoms with E-state index in [0.717, 1.165) is 12.0 Å². The number of nitrogens with zero attached hydrogens (tertiary/aromatic N) is 3. The lowest BCUT2D eigenvalue weighted by atomic mass is 10.1. The third-order valence-corrected chi connectivity index (χ3v) is 3.95. The second kappa shape index (κ2) is 7.36. The minimum absolute atomic E-state index is 0.135. The molecule has 0 saturated heterocycles. The van der Waals surface area contributed by atoms with Gasteiger partial charge in [0.2, 0.25) is 5.88 Å². The van der Waals surface area contributed by atoms with E-state index in [9.17, 15) is 4.79 Å². The third kappa shape index (κ3) is 3.80. The summed E-state index contributed by atoms with van der Waals surface area (Å²) in [5.41, 5.74) is 1.13. The number of halogens is 1. The predicted octanol–water partition coefficient (Wildman–Crippen LogP) is 4.15. The molecule has 0 aliphatic rings. The highest BCUT2D eigenvalue weighted by atomic mass is 35.5. The molecule has 0 spiro atoms. The van der Waals surface area contributed by atoms with E-state index in [1.165, 1.54) is 23.0 Å². The number of carbonyl (C=O) groups is 1. The highest BCUT2D eigenvalue weighted by Gasteiger charge is 2.16. The number of pyridine rings is 1. The summed E-state index contributed by atoms with van der Waals surface area (Å²) in [6, 6.07) is 12.1. The van der Waals surface area contributed by atoms with Crippen molar-refractivity contribution in [3.63, 3.8) is 0 Å². The molecule has 6 nitrogen and oxygen atoms in total. The summed E-state index contributed by atoms with van der Waals surface area (Å²) in [5, 5.41) is 14.0. The van der Waals surface area contributed by atoms with Gasteiger partial charge in [-0.1, -0.05) is 30.7 Å². The standard InChI is InChI=1S/C18H16ClN3O3/c1-2-15(12-3-5-14(19)6-4-12)25-17-8-10-21-22(17)16-11-13(18(23)24)7-9-20-16/h3-11,15H,2H2,1H3,(H,23,24)/t15-/m0/s1. The van der Waals surface area contributed by atoms with Gasteiger partial charge in [-0.05, 0) is 36.2 Å². The molecule has 1 N–H and O–H groups in total. The Morgan fingerprint density at radius 3 is 2.68 bits per heavy atom. The zero-order chi connectivity index (χ0) is 17.8. The monoisotopic (exact) mass is 357 g/mol. The smallest absolute Gasteiger partial charge is 0.335 e. The van der Waals surface area contributed by atoms with Gasteiger partial charge in [-0.15, -0.1) is 0 Å². The van der Waals surface area contributed by atoms with Gasteiger partial charge in [0.05, 0.1) is 11.8 Å². The molecule has 0 aliphatic heterocycles. The van der Waals surface area contributed by atoms with E-state index in [0.29, 0.717) is 16.7 Å². The maximum atomic E-state index is 11.1. The van der Waals surface area contributed by atoms with Crippen LogP contribution in [-0.4, -0.2) is 25.8 Å². The highest BCUT2D eigenvalue weighted by Crippen LogP contribution is 2.27. The van der Waals surface area contributed by atoms with Crippen molar-refractivity contribution in [3.05, 3.63) is 71.0 Å². The van der Waals surface area contributed by atoms with E-state index >= 15 is 0 Å². The van der Waals surface area contributed by atoms with E-state index in [1.807, 2.05) is 31.2 Å². The van der Waals surface area contributed by atoms with Crippen LogP contribution in [0, 0.1) is 0 Å². The molecule has 0 bridgehead atoms. The van der Waals surface area contributed by atoms with Crippen LogP contribution in [0.5, 0.6) is 5.88 Å². The third-order valence-electron chi connectivity index (χ3n) is 3.69. The molecule has 1 aromatic carbocycles. The largest absolute Gasteiger partial charge is 0.478 e. The molecule has 7 heteroatoms. The number of rotatable bonds is 6. The van der Waals surface area contributed by atoms with Crippen molar-refractivity contribution in [2.24, 2.45) is 0 Å². The molecular weight excluding hydrogens is 342 g/mol.